The highest BCUT2D eigenvalue weighted by Gasteiger charge is 2.10. The van der Waals surface area contributed by atoms with Crippen LogP contribution in [0, 0.1) is 5.82 Å². The predicted octanol–water partition coefficient (Wildman–Crippen LogP) is 2.09. The Labute approximate surface area is 136 Å². The monoisotopic (exact) mass is 356 g/mol. The van der Waals surface area contributed by atoms with Gasteiger partial charge in [0.25, 0.3) is 0 Å². The van der Waals surface area contributed by atoms with Gasteiger partial charge < -0.3 is 0 Å². The second-order valence-electron chi connectivity index (χ2n) is 4.61. The largest absolute Gasteiger partial charge is 0.297 e. The molecule has 0 unspecified atom stereocenters. The van der Waals surface area contributed by atoms with Crippen LogP contribution in [-0.2, 0) is 14.8 Å². The molecule has 2 rings (SSSR count). The fourth-order valence-electron chi connectivity index (χ4n) is 1.61. The van der Waals surface area contributed by atoms with Crippen molar-refractivity contribution >= 4 is 43.1 Å². The summed E-state index contributed by atoms with van der Waals surface area (Å²) in [7, 11) is -3.45. The number of hydrogen-bond donors (Lipinski definition) is 2. The summed E-state index contributed by atoms with van der Waals surface area (Å²) in [6.07, 6.45) is 2.32. The third-order valence-corrected chi connectivity index (χ3v) is 4.02. The van der Waals surface area contributed by atoms with Gasteiger partial charge in [0.1, 0.15) is 5.82 Å². The molecule has 1 aromatic heterocycles. The van der Waals surface area contributed by atoms with Crippen molar-refractivity contribution < 1.29 is 17.6 Å². The first-order valence-electron chi connectivity index (χ1n) is 6.29. The fraction of sp³-hybridized carbons (Fsp3) is 0.154. The van der Waals surface area contributed by atoms with Crippen LogP contribution in [0.4, 0.5) is 14.7 Å². The molecule has 2 aromatic rings. The second kappa shape index (κ2) is 6.84. The van der Waals surface area contributed by atoms with E-state index in [1.54, 1.807) is 19.1 Å². The van der Waals surface area contributed by atoms with E-state index in [-0.39, 0.29) is 16.1 Å². The van der Waals surface area contributed by atoms with Crippen LogP contribution < -0.4 is 10.0 Å². The molecule has 0 fully saturated rings. The van der Waals surface area contributed by atoms with Gasteiger partial charge in [0.15, 0.2) is 0 Å². The lowest BCUT2D eigenvalue weighted by atomic mass is 10.1. The topological polar surface area (TPSA) is 101 Å². The van der Waals surface area contributed by atoms with Crippen LogP contribution in [0.15, 0.2) is 30.3 Å². The number of aromatic nitrogens is 2. The number of nitrogens with zero attached hydrogens (tertiary/aromatic N) is 2. The van der Waals surface area contributed by atoms with Crippen molar-refractivity contribution in [1.29, 1.82) is 0 Å². The summed E-state index contributed by atoms with van der Waals surface area (Å²) in [6, 6.07) is 5.73. The highest BCUT2D eigenvalue weighted by Crippen LogP contribution is 2.21. The van der Waals surface area contributed by atoms with Gasteiger partial charge in [0.2, 0.25) is 26.2 Å². The van der Waals surface area contributed by atoms with E-state index in [4.69, 9.17) is 0 Å². The maximum atomic E-state index is 12.9. The molecule has 0 bridgehead atoms. The van der Waals surface area contributed by atoms with Crippen molar-refractivity contribution in [3.05, 3.63) is 41.7 Å². The minimum atomic E-state index is -3.45. The number of halogens is 1. The first-order chi connectivity index (χ1) is 10.7. The molecule has 10 heteroatoms. The van der Waals surface area contributed by atoms with Gasteiger partial charge in [-0.2, -0.15) is 0 Å². The van der Waals surface area contributed by atoms with Crippen LogP contribution in [-0.4, -0.2) is 30.8 Å². The first-order valence-corrected chi connectivity index (χ1v) is 9.00. The van der Waals surface area contributed by atoms with E-state index >= 15 is 0 Å². The summed E-state index contributed by atoms with van der Waals surface area (Å²) < 4.78 is 37.1. The lowest BCUT2D eigenvalue weighted by Crippen LogP contribution is -2.09. The SMILES string of the molecule is C/C(=C/C(=O)Nc1nnc(NS(C)(=O)=O)s1)c1ccc(F)cc1. The number of hydrogen-bond acceptors (Lipinski definition) is 6. The average molecular weight is 356 g/mol. The van der Waals surface area contributed by atoms with Crippen molar-refractivity contribution in [2.45, 2.75) is 6.92 Å². The lowest BCUT2D eigenvalue weighted by Gasteiger charge is -2.01. The van der Waals surface area contributed by atoms with Crippen molar-refractivity contribution in [2.24, 2.45) is 0 Å². The minimum absolute atomic E-state index is 0.0574. The molecular formula is C13H13FN4O3S2. The molecule has 0 atom stereocenters. The van der Waals surface area contributed by atoms with Crippen LogP contribution in [0.25, 0.3) is 5.57 Å². The molecule has 1 heterocycles. The molecule has 0 saturated heterocycles. The number of carbonyl (C=O) groups excluding carboxylic acids is 1. The fourth-order valence-corrected chi connectivity index (χ4v) is 3.08. The maximum absolute atomic E-state index is 12.9. The molecule has 1 amide bonds. The molecule has 23 heavy (non-hydrogen) atoms. The summed E-state index contributed by atoms with van der Waals surface area (Å²) in [4.78, 5) is 11.9. The Morgan fingerprint density at radius 3 is 2.43 bits per heavy atom. The van der Waals surface area contributed by atoms with Gasteiger partial charge in [-0.15, -0.1) is 10.2 Å². The van der Waals surface area contributed by atoms with E-state index in [1.165, 1.54) is 18.2 Å². The smallest absolute Gasteiger partial charge is 0.250 e. The van der Waals surface area contributed by atoms with Crippen LogP contribution in [0.2, 0.25) is 0 Å². The van der Waals surface area contributed by atoms with Crippen LogP contribution in [0.5, 0.6) is 0 Å². The Hall–Kier alpha value is -2.33. The standard InChI is InChI=1S/C13H13FN4O3S2/c1-8(9-3-5-10(14)6-4-9)7-11(19)15-12-16-17-13(22-12)18-23(2,20)21/h3-7H,1-2H3,(H,17,18)(H,15,16,19)/b8-7-. The quantitative estimate of drug-likeness (QED) is 0.799. The normalized spacial score (nSPS) is 12.0. The average Bonchev–Trinajstić information content (AvgIpc) is 2.84. The Balaban J connectivity index is 2.04. The number of rotatable bonds is 5. The number of nitrogens with one attached hydrogen (secondary N) is 2. The molecule has 0 saturated carbocycles. The third-order valence-electron chi connectivity index (χ3n) is 2.58. The van der Waals surface area contributed by atoms with Crippen molar-refractivity contribution in [3.8, 4) is 0 Å². The number of sulfonamides is 1. The van der Waals surface area contributed by atoms with E-state index in [1.807, 2.05) is 0 Å². The molecule has 7 nitrogen and oxygen atoms in total. The van der Waals surface area contributed by atoms with E-state index in [9.17, 15) is 17.6 Å². The third kappa shape index (κ3) is 5.42. The van der Waals surface area contributed by atoms with Gasteiger partial charge in [0.05, 0.1) is 6.26 Å². The van der Waals surface area contributed by atoms with Gasteiger partial charge in [-0.1, -0.05) is 23.5 Å². The molecule has 0 aliphatic heterocycles. The summed E-state index contributed by atoms with van der Waals surface area (Å²) in [5, 5.41) is 9.96. The minimum Gasteiger partial charge on any atom is -0.297 e. The molecule has 0 aliphatic carbocycles. The molecule has 2 N–H and O–H groups in total. The van der Waals surface area contributed by atoms with E-state index < -0.39 is 15.9 Å². The zero-order chi connectivity index (χ0) is 17.0. The molecule has 0 radical (unpaired) electrons. The molecular weight excluding hydrogens is 343 g/mol. The number of anilines is 2. The first kappa shape index (κ1) is 17.0. The Kier molecular flexibility index (Phi) is 5.06. The zero-order valence-electron chi connectivity index (χ0n) is 12.2. The Bertz CT molecular complexity index is 844. The molecule has 122 valence electrons. The summed E-state index contributed by atoms with van der Waals surface area (Å²) in [6.45, 7) is 1.71. The summed E-state index contributed by atoms with van der Waals surface area (Å²) in [5.41, 5.74) is 1.35. The Morgan fingerprint density at radius 1 is 1.22 bits per heavy atom. The second-order valence-corrected chi connectivity index (χ2v) is 7.34. The number of carbonyl (C=O) groups is 1. The predicted molar refractivity (Wildman–Crippen MR) is 87.1 cm³/mol. The van der Waals surface area contributed by atoms with Gasteiger partial charge in [-0.25, -0.2) is 12.8 Å². The summed E-state index contributed by atoms with van der Waals surface area (Å²) >= 11 is 0.890. The lowest BCUT2D eigenvalue weighted by molar-refractivity contribution is -0.111. The van der Waals surface area contributed by atoms with Crippen LogP contribution >= 0.6 is 11.3 Å². The number of benzene rings is 1. The maximum Gasteiger partial charge on any atom is 0.250 e. The van der Waals surface area contributed by atoms with Gasteiger partial charge in [-0.05, 0) is 30.2 Å². The van der Waals surface area contributed by atoms with Gasteiger partial charge >= 0.3 is 0 Å². The molecule has 0 aliphatic rings. The van der Waals surface area contributed by atoms with Crippen molar-refractivity contribution in [3.63, 3.8) is 0 Å². The van der Waals surface area contributed by atoms with Gasteiger partial charge in [-0.3, -0.25) is 14.8 Å². The number of amides is 1. The highest BCUT2D eigenvalue weighted by atomic mass is 32.2. The summed E-state index contributed by atoms with van der Waals surface area (Å²) in [5.74, 6) is -0.806. The zero-order valence-corrected chi connectivity index (χ0v) is 13.8. The highest BCUT2D eigenvalue weighted by molar-refractivity contribution is 7.92. The van der Waals surface area contributed by atoms with E-state index in [0.717, 1.165) is 17.6 Å². The number of allylic oxidation sites excluding steroid dienone is 1. The van der Waals surface area contributed by atoms with Gasteiger partial charge in [0, 0.05) is 6.08 Å². The van der Waals surface area contributed by atoms with Crippen molar-refractivity contribution in [2.75, 3.05) is 16.3 Å². The van der Waals surface area contributed by atoms with E-state index in [2.05, 4.69) is 20.2 Å². The molecule has 0 spiro atoms. The van der Waals surface area contributed by atoms with Crippen LogP contribution in [0.1, 0.15) is 12.5 Å². The van der Waals surface area contributed by atoms with Crippen LogP contribution in [0.3, 0.4) is 0 Å². The molecule has 1 aromatic carbocycles. The van der Waals surface area contributed by atoms with E-state index in [0.29, 0.717) is 11.1 Å². The Morgan fingerprint density at radius 2 is 1.83 bits per heavy atom. The van der Waals surface area contributed by atoms with Crippen molar-refractivity contribution in [1.82, 2.24) is 10.2 Å².